The quantitative estimate of drug-likeness (QED) is 0.593. The molecule has 11 heteroatoms. The predicted molar refractivity (Wildman–Crippen MR) is 115 cm³/mol. The average molecular weight is 468 g/mol. The molecule has 3 rings (SSSR count). The summed E-state index contributed by atoms with van der Waals surface area (Å²) in [5.41, 5.74) is 0.376. The van der Waals surface area contributed by atoms with E-state index in [0.29, 0.717) is 45.0 Å². The summed E-state index contributed by atoms with van der Waals surface area (Å²) in [5, 5.41) is 2.60. The van der Waals surface area contributed by atoms with E-state index < -0.39 is 28.0 Å². The molecule has 2 amide bonds. The van der Waals surface area contributed by atoms with Crippen molar-refractivity contribution in [1.82, 2.24) is 9.21 Å². The van der Waals surface area contributed by atoms with Gasteiger partial charge in [0, 0.05) is 31.7 Å². The zero-order valence-electron chi connectivity index (χ0n) is 18.1. The van der Waals surface area contributed by atoms with E-state index in [1.807, 2.05) is 0 Å². The number of benzene rings is 1. The summed E-state index contributed by atoms with van der Waals surface area (Å²) in [5.74, 6) is -1.28. The van der Waals surface area contributed by atoms with Gasteiger partial charge in [0.25, 0.3) is 5.91 Å². The lowest BCUT2D eigenvalue weighted by molar-refractivity contribution is -0.156. The maximum atomic E-state index is 12.7. The second kappa shape index (κ2) is 10.9. The molecule has 0 saturated carbocycles. The standard InChI is InChI=1S/C21H29N3O7S/c1-16(31-20(26)15-23-10-4-2-3-5-19(23)25)21(27)22-17-6-8-18(9-7-17)32(28,29)24-11-13-30-14-12-24/h6-9,16H,2-5,10-15H2,1H3,(H,22,27). The molecule has 0 radical (unpaired) electrons. The minimum atomic E-state index is -3.62. The van der Waals surface area contributed by atoms with E-state index in [-0.39, 0.29) is 17.3 Å². The molecule has 0 aliphatic carbocycles. The first-order valence-corrected chi connectivity index (χ1v) is 12.2. The van der Waals surface area contributed by atoms with Crippen molar-refractivity contribution in [2.45, 2.75) is 43.6 Å². The average Bonchev–Trinajstić information content (AvgIpc) is 2.98. The van der Waals surface area contributed by atoms with Gasteiger partial charge in [-0.05, 0) is 44.0 Å². The van der Waals surface area contributed by atoms with E-state index in [1.165, 1.54) is 40.4 Å². The van der Waals surface area contributed by atoms with E-state index in [0.717, 1.165) is 19.3 Å². The van der Waals surface area contributed by atoms with Crippen LogP contribution in [0.3, 0.4) is 0 Å². The Balaban J connectivity index is 1.52. The van der Waals surface area contributed by atoms with Crippen LogP contribution in [0.4, 0.5) is 5.69 Å². The molecule has 10 nitrogen and oxygen atoms in total. The first-order valence-electron chi connectivity index (χ1n) is 10.7. The first kappa shape index (κ1) is 24.1. The van der Waals surface area contributed by atoms with Gasteiger partial charge in [0.2, 0.25) is 15.9 Å². The second-order valence-electron chi connectivity index (χ2n) is 7.79. The number of hydrogen-bond acceptors (Lipinski definition) is 7. The number of morpholine rings is 1. The Bertz CT molecular complexity index is 927. The van der Waals surface area contributed by atoms with E-state index in [9.17, 15) is 22.8 Å². The van der Waals surface area contributed by atoms with Gasteiger partial charge in [0.15, 0.2) is 6.10 Å². The molecule has 2 heterocycles. The molecule has 0 aromatic heterocycles. The monoisotopic (exact) mass is 467 g/mol. The summed E-state index contributed by atoms with van der Waals surface area (Å²) < 4.78 is 37.0. The molecule has 2 aliphatic heterocycles. The summed E-state index contributed by atoms with van der Waals surface area (Å²) in [6, 6.07) is 5.80. The van der Waals surface area contributed by atoms with Crippen molar-refractivity contribution in [2.24, 2.45) is 0 Å². The molecule has 1 aromatic rings. The second-order valence-corrected chi connectivity index (χ2v) is 9.73. The largest absolute Gasteiger partial charge is 0.451 e. The van der Waals surface area contributed by atoms with Crippen LogP contribution in [0.25, 0.3) is 0 Å². The van der Waals surface area contributed by atoms with Crippen LogP contribution in [-0.2, 0) is 33.9 Å². The van der Waals surface area contributed by atoms with Gasteiger partial charge in [0.05, 0.1) is 18.1 Å². The van der Waals surface area contributed by atoms with Gasteiger partial charge < -0.3 is 19.7 Å². The normalized spacial score (nSPS) is 19.2. The van der Waals surface area contributed by atoms with Crippen LogP contribution in [0.5, 0.6) is 0 Å². The third kappa shape index (κ3) is 6.27. The maximum Gasteiger partial charge on any atom is 0.326 e. The molecular formula is C21H29N3O7S. The summed E-state index contributed by atoms with van der Waals surface area (Å²) in [6.45, 7) is 3.08. The molecule has 2 fully saturated rings. The molecule has 2 aliphatic rings. The van der Waals surface area contributed by atoms with Gasteiger partial charge >= 0.3 is 5.97 Å². The van der Waals surface area contributed by atoms with Crippen molar-refractivity contribution < 1.29 is 32.3 Å². The summed E-state index contributed by atoms with van der Waals surface area (Å²) in [6.07, 6.45) is 1.95. The lowest BCUT2D eigenvalue weighted by Crippen LogP contribution is -2.40. The third-order valence-corrected chi connectivity index (χ3v) is 7.31. The lowest BCUT2D eigenvalue weighted by atomic mass is 10.2. The Morgan fingerprint density at radius 3 is 2.47 bits per heavy atom. The van der Waals surface area contributed by atoms with E-state index in [2.05, 4.69) is 5.32 Å². The molecule has 0 spiro atoms. The Morgan fingerprint density at radius 1 is 1.09 bits per heavy atom. The fraction of sp³-hybridized carbons (Fsp3) is 0.571. The van der Waals surface area contributed by atoms with Crippen molar-refractivity contribution in [3.05, 3.63) is 24.3 Å². The zero-order chi connectivity index (χ0) is 23.1. The number of sulfonamides is 1. The Kier molecular flexibility index (Phi) is 8.21. The van der Waals surface area contributed by atoms with Gasteiger partial charge in [-0.15, -0.1) is 0 Å². The Hall–Kier alpha value is -2.50. The molecule has 1 unspecified atom stereocenters. The van der Waals surface area contributed by atoms with Gasteiger partial charge in [-0.25, -0.2) is 8.42 Å². The van der Waals surface area contributed by atoms with Crippen LogP contribution >= 0.6 is 0 Å². The zero-order valence-corrected chi connectivity index (χ0v) is 18.9. The number of rotatable bonds is 7. The van der Waals surface area contributed by atoms with Crippen molar-refractivity contribution in [1.29, 1.82) is 0 Å². The third-order valence-electron chi connectivity index (χ3n) is 5.40. The number of carbonyl (C=O) groups excluding carboxylic acids is 3. The smallest absolute Gasteiger partial charge is 0.326 e. The van der Waals surface area contributed by atoms with Crippen LogP contribution in [-0.4, -0.2) is 80.9 Å². The number of hydrogen-bond donors (Lipinski definition) is 1. The number of nitrogens with one attached hydrogen (secondary N) is 1. The molecule has 1 N–H and O–H groups in total. The molecule has 1 aromatic carbocycles. The van der Waals surface area contributed by atoms with Crippen LogP contribution in [0.2, 0.25) is 0 Å². The highest BCUT2D eigenvalue weighted by atomic mass is 32.2. The lowest BCUT2D eigenvalue weighted by Gasteiger charge is -2.26. The number of carbonyl (C=O) groups is 3. The van der Waals surface area contributed by atoms with E-state index in [1.54, 1.807) is 0 Å². The van der Waals surface area contributed by atoms with Crippen molar-refractivity contribution in [3.63, 3.8) is 0 Å². The number of anilines is 1. The number of likely N-dealkylation sites (tertiary alicyclic amines) is 1. The summed E-state index contributed by atoms with van der Waals surface area (Å²) in [4.78, 5) is 38.1. The fourth-order valence-electron chi connectivity index (χ4n) is 3.54. The van der Waals surface area contributed by atoms with Crippen molar-refractivity contribution in [2.75, 3.05) is 44.7 Å². The number of amides is 2. The van der Waals surface area contributed by atoms with E-state index >= 15 is 0 Å². The highest BCUT2D eigenvalue weighted by molar-refractivity contribution is 7.89. The molecule has 1 atom stereocenters. The van der Waals surface area contributed by atoms with Crippen LogP contribution in [0, 0.1) is 0 Å². The molecule has 0 bridgehead atoms. The highest BCUT2D eigenvalue weighted by Gasteiger charge is 2.27. The minimum Gasteiger partial charge on any atom is -0.451 e. The molecule has 2 saturated heterocycles. The topological polar surface area (TPSA) is 122 Å². The summed E-state index contributed by atoms with van der Waals surface area (Å²) in [7, 11) is -3.62. The highest BCUT2D eigenvalue weighted by Crippen LogP contribution is 2.20. The predicted octanol–water partition coefficient (Wildman–Crippen LogP) is 0.980. The van der Waals surface area contributed by atoms with Crippen LogP contribution < -0.4 is 5.32 Å². The Morgan fingerprint density at radius 2 is 1.78 bits per heavy atom. The van der Waals surface area contributed by atoms with Gasteiger partial charge in [-0.3, -0.25) is 14.4 Å². The summed E-state index contributed by atoms with van der Waals surface area (Å²) >= 11 is 0. The van der Waals surface area contributed by atoms with Gasteiger partial charge in [0.1, 0.15) is 6.54 Å². The molecule has 32 heavy (non-hydrogen) atoms. The first-order chi connectivity index (χ1) is 15.3. The van der Waals surface area contributed by atoms with Crippen LogP contribution in [0.15, 0.2) is 29.2 Å². The van der Waals surface area contributed by atoms with Crippen molar-refractivity contribution in [3.8, 4) is 0 Å². The number of ether oxygens (including phenoxy) is 2. The fourth-order valence-corrected chi connectivity index (χ4v) is 4.95. The number of esters is 1. The van der Waals surface area contributed by atoms with Gasteiger partial charge in [-0.2, -0.15) is 4.31 Å². The molecule has 176 valence electrons. The van der Waals surface area contributed by atoms with Gasteiger partial charge in [-0.1, -0.05) is 6.42 Å². The number of nitrogens with zero attached hydrogens (tertiary/aromatic N) is 2. The molecular weight excluding hydrogens is 438 g/mol. The minimum absolute atomic E-state index is 0.0799. The van der Waals surface area contributed by atoms with E-state index in [4.69, 9.17) is 9.47 Å². The SMILES string of the molecule is CC(OC(=O)CN1CCCCCC1=O)C(=O)Nc1ccc(S(=O)(=O)N2CCOCC2)cc1. The maximum absolute atomic E-state index is 12.7. The Labute approximate surface area is 187 Å². The van der Waals surface area contributed by atoms with Crippen molar-refractivity contribution >= 4 is 33.5 Å². The van der Waals surface area contributed by atoms with Crippen LogP contribution in [0.1, 0.15) is 32.6 Å².